The molecule has 436 valence electrons. The highest BCUT2D eigenvalue weighted by atomic mass is 16.7. The number of carbonyl (C=O) groups excluding carboxylic acids is 1. The zero-order chi connectivity index (χ0) is 54.3. The first-order chi connectivity index (χ1) is 36.8. The van der Waals surface area contributed by atoms with Gasteiger partial charge in [-0.2, -0.15) is 0 Å². The Kier molecular flexibility index (Phi) is 51.8. The lowest BCUT2D eigenvalue weighted by Crippen LogP contribution is -2.60. The zero-order valence-electron chi connectivity index (χ0n) is 48.5. The van der Waals surface area contributed by atoms with Crippen LogP contribution in [0.2, 0.25) is 0 Å². The molecule has 1 amide bonds. The minimum Gasteiger partial charge on any atom is -0.394 e. The summed E-state index contributed by atoms with van der Waals surface area (Å²) in [7, 11) is 0. The summed E-state index contributed by atoms with van der Waals surface area (Å²) in [5.74, 6) is -0.189. The molecule has 0 aromatic rings. The van der Waals surface area contributed by atoms with Crippen molar-refractivity contribution < 1.29 is 39.8 Å². The second-order valence-corrected chi connectivity index (χ2v) is 21.8. The van der Waals surface area contributed by atoms with Crippen LogP contribution in [0.25, 0.3) is 0 Å². The summed E-state index contributed by atoms with van der Waals surface area (Å²) < 4.78 is 11.2. The van der Waals surface area contributed by atoms with E-state index in [1.54, 1.807) is 6.08 Å². The van der Waals surface area contributed by atoms with E-state index in [0.717, 1.165) is 64.2 Å². The predicted molar refractivity (Wildman–Crippen MR) is 318 cm³/mol. The van der Waals surface area contributed by atoms with Crippen LogP contribution in [0.5, 0.6) is 0 Å². The SMILES string of the molecule is CCCCCCC/C=C\C/C=C\C/C=C\CCCCCCCCCCCCCCCCCCCCCCCCC(=O)NC(COC1OC(CO)C(O)C(O)C1O)C(O)/C=C/CC/C=C/CC/C=C/CCCCCCC. The average molecular weight is 1050 g/mol. The van der Waals surface area contributed by atoms with Gasteiger partial charge in [-0.25, -0.2) is 0 Å². The van der Waals surface area contributed by atoms with Crippen molar-refractivity contribution >= 4 is 5.91 Å². The summed E-state index contributed by atoms with van der Waals surface area (Å²) >= 11 is 0. The molecule has 1 saturated heterocycles. The lowest BCUT2D eigenvalue weighted by Gasteiger charge is -2.40. The van der Waals surface area contributed by atoms with Gasteiger partial charge in [0.1, 0.15) is 24.4 Å². The number of hydrogen-bond acceptors (Lipinski definition) is 8. The Morgan fingerprint density at radius 3 is 1.21 bits per heavy atom. The zero-order valence-corrected chi connectivity index (χ0v) is 48.5. The van der Waals surface area contributed by atoms with Gasteiger partial charge >= 0.3 is 0 Å². The smallest absolute Gasteiger partial charge is 0.220 e. The lowest BCUT2D eigenvalue weighted by molar-refractivity contribution is -0.302. The first kappa shape index (κ1) is 70.6. The second kappa shape index (κ2) is 55.0. The van der Waals surface area contributed by atoms with Crippen LogP contribution in [0, 0.1) is 0 Å². The summed E-state index contributed by atoms with van der Waals surface area (Å²) in [6.07, 6.45) is 70.0. The van der Waals surface area contributed by atoms with Gasteiger partial charge in [-0.1, -0.05) is 267 Å². The monoisotopic (exact) mass is 1050 g/mol. The van der Waals surface area contributed by atoms with Crippen LogP contribution in [0.4, 0.5) is 0 Å². The van der Waals surface area contributed by atoms with Crippen LogP contribution in [0.1, 0.15) is 284 Å². The minimum atomic E-state index is -1.58. The van der Waals surface area contributed by atoms with Crippen molar-refractivity contribution in [1.29, 1.82) is 0 Å². The molecule has 0 saturated carbocycles. The van der Waals surface area contributed by atoms with Crippen LogP contribution in [0.3, 0.4) is 0 Å². The standard InChI is InChI=1S/C66H119NO8/c1-3-5-7-9-11-13-15-17-19-20-21-22-23-24-25-26-27-28-29-30-31-32-33-34-35-36-37-38-39-40-42-44-46-48-50-52-54-56-62(70)67-59(58-74-66-65(73)64(72)63(71)61(57-68)75-66)60(69)55-53-51-49-47-45-43-41-18-16-14-12-10-8-6-4-2/h15-18,20-21,23-24,45,47,53,55,59-61,63-66,68-69,71-73H,3-14,19,22,25-44,46,48-52,54,56-58H2,1-2H3,(H,67,70)/b17-15-,18-16+,21-20-,24-23-,47-45+,55-53+. The number of nitrogens with one attached hydrogen (secondary N) is 1. The number of carbonyl (C=O) groups is 1. The summed E-state index contributed by atoms with van der Waals surface area (Å²) in [6.45, 7) is 3.74. The van der Waals surface area contributed by atoms with Crippen molar-refractivity contribution in [1.82, 2.24) is 5.32 Å². The molecule has 6 N–H and O–H groups in total. The number of allylic oxidation sites excluding steroid dienone is 11. The Morgan fingerprint density at radius 2 is 0.800 bits per heavy atom. The molecule has 1 heterocycles. The quantitative estimate of drug-likeness (QED) is 0.0261. The highest BCUT2D eigenvalue weighted by Crippen LogP contribution is 2.23. The summed E-state index contributed by atoms with van der Waals surface area (Å²) in [6, 6.07) is -0.829. The van der Waals surface area contributed by atoms with Gasteiger partial charge in [0.2, 0.25) is 5.91 Å². The molecule has 75 heavy (non-hydrogen) atoms. The van der Waals surface area contributed by atoms with Gasteiger partial charge in [-0.15, -0.1) is 0 Å². The third-order valence-corrected chi connectivity index (χ3v) is 14.7. The molecule has 1 fully saturated rings. The van der Waals surface area contributed by atoms with Crippen molar-refractivity contribution in [3.05, 3.63) is 72.9 Å². The maximum atomic E-state index is 13.1. The van der Waals surface area contributed by atoms with E-state index in [0.29, 0.717) is 6.42 Å². The predicted octanol–water partition coefficient (Wildman–Crippen LogP) is 16.4. The van der Waals surface area contributed by atoms with Gasteiger partial charge in [-0.05, 0) is 83.5 Å². The molecule has 0 spiro atoms. The number of aliphatic hydroxyl groups excluding tert-OH is 5. The van der Waals surface area contributed by atoms with E-state index >= 15 is 0 Å². The molecule has 0 bridgehead atoms. The molecule has 7 unspecified atom stereocenters. The number of unbranched alkanes of at least 4 members (excludes halogenated alkanes) is 34. The number of hydrogen-bond donors (Lipinski definition) is 6. The molecule has 9 nitrogen and oxygen atoms in total. The van der Waals surface area contributed by atoms with Gasteiger partial charge in [0, 0.05) is 6.42 Å². The fourth-order valence-corrected chi connectivity index (χ4v) is 9.73. The third kappa shape index (κ3) is 44.2. The van der Waals surface area contributed by atoms with Crippen molar-refractivity contribution in [2.24, 2.45) is 0 Å². The number of amides is 1. The van der Waals surface area contributed by atoms with E-state index in [4.69, 9.17) is 9.47 Å². The maximum absolute atomic E-state index is 13.1. The maximum Gasteiger partial charge on any atom is 0.220 e. The van der Waals surface area contributed by atoms with Crippen LogP contribution in [-0.4, -0.2) is 87.5 Å². The fraction of sp³-hybridized carbons (Fsp3) is 0.803. The van der Waals surface area contributed by atoms with Gasteiger partial charge < -0.3 is 40.3 Å². The van der Waals surface area contributed by atoms with Crippen LogP contribution >= 0.6 is 0 Å². The van der Waals surface area contributed by atoms with Crippen molar-refractivity contribution in [3.8, 4) is 0 Å². The van der Waals surface area contributed by atoms with Gasteiger partial charge in [-0.3, -0.25) is 4.79 Å². The first-order valence-corrected chi connectivity index (χ1v) is 31.7. The van der Waals surface area contributed by atoms with Crippen molar-refractivity contribution in [3.63, 3.8) is 0 Å². The van der Waals surface area contributed by atoms with E-state index in [1.165, 1.54) is 199 Å². The molecule has 0 aromatic heterocycles. The van der Waals surface area contributed by atoms with Crippen LogP contribution in [0.15, 0.2) is 72.9 Å². The highest BCUT2D eigenvalue weighted by Gasteiger charge is 2.44. The number of rotatable bonds is 54. The Hall–Kier alpha value is -2.37. The normalized spacial score (nSPS) is 19.4. The molecule has 1 aliphatic heterocycles. The molecule has 9 heteroatoms. The first-order valence-electron chi connectivity index (χ1n) is 31.7. The van der Waals surface area contributed by atoms with E-state index < -0.39 is 49.5 Å². The summed E-state index contributed by atoms with van der Waals surface area (Å²) in [5, 5.41) is 54.5. The lowest BCUT2D eigenvalue weighted by atomic mass is 9.99. The third-order valence-electron chi connectivity index (χ3n) is 14.7. The molecule has 0 radical (unpaired) electrons. The molecule has 1 aliphatic rings. The molecule has 1 rings (SSSR count). The molecule has 7 atom stereocenters. The second-order valence-electron chi connectivity index (χ2n) is 21.8. The van der Waals surface area contributed by atoms with Gasteiger partial charge in [0.15, 0.2) is 6.29 Å². The van der Waals surface area contributed by atoms with E-state index in [1.807, 2.05) is 6.08 Å². The van der Waals surface area contributed by atoms with Crippen molar-refractivity contribution in [2.75, 3.05) is 13.2 Å². The van der Waals surface area contributed by atoms with Crippen LogP contribution in [-0.2, 0) is 14.3 Å². The number of aliphatic hydroxyl groups is 5. The Bertz CT molecular complexity index is 1410. The van der Waals surface area contributed by atoms with E-state index in [2.05, 4.69) is 79.9 Å². The largest absolute Gasteiger partial charge is 0.394 e. The summed E-state index contributed by atoms with van der Waals surface area (Å²) in [4.78, 5) is 13.1. The van der Waals surface area contributed by atoms with Gasteiger partial charge in [0.25, 0.3) is 0 Å². The number of ether oxygens (including phenoxy) is 2. The van der Waals surface area contributed by atoms with E-state index in [9.17, 15) is 30.3 Å². The van der Waals surface area contributed by atoms with E-state index in [-0.39, 0.29) is 12.5 Å². The highest BCUT2D eigenvalue weighted by molar-refractivity contribution is 5.76. The minimum absolute atomic E-state index is 0.189. The molecule has 0 aliphatic carbocycles. The van der Waals surface area contributed by atoms with Gasteiger partial charge in [0.05, 0.1) is 25.4 Å². The average Bonchev–Trinajstić information content (AvgIpc) is 3.41. The molecular formula is C66H119NO8. The Labute approximate surface area is 461 Å². The Morgan fingerprint density at radius 1 is 0.453 bits per heavy atom. The molecular weight excluding hydrogens is 935 g/mol. The molecule has 0 aromatic carbocycles. The van der Waals surface area contributed by atoms with Crippen LogP contribution < -0.4 is 5.32 Å². The Balaban J connectivity index is 2.09. The summed E-state index contributed by atoms with van der Waals surface area (Å²) in [5.41, 5.74) is 0. The van der Waals surface area contributed by atoms with Crippen molar-refractivity contribution in [2.45, 2.75) is 326 Å². The topological polar surface area (TPSA) is 149 Å². The fourth-order valence-electron chi connectivity index (χ4n) is 9.73.